The fourth-order valence-electron chi connectivity index (χ4n) is 2.17. The Hall–Kier alpha value is -2.53. The van der Waals surface area contributed by atoms with Crippen LogP contribution < -0.4 is 0 Å². The number of aromatic nitrogens is 3. The Morgan fingerprint density at radius 2 is 1.76 bits per heavy atom. The zero-order chi connectivity index (χ0) is 14.7. The fourth-order valence-corrected chi connectivity index (χ4v) is 2.17. The van der Waals surface area contributed by atoms with Crippen LogP contribution in [-0.4, -0.2) is 20.1 Å². The number of halogens is 1. The molecule has 1 aromatic heterocycles. The van der Waals surface area contributed by atoms with Gasteiger partial charge in [0.1, 0.15) is 11.9 Å². The quantitative estimate of drug-likeness (QED) is 0.800. The highest BCUT2D eigenvalue weighted by molar-refractivity contribution is 5.25. The summed E-state index contributed by atoms with van der Waals surface area (Å²) < 4.78 is 14.6. The maximum absolute atomic E-state index is 12.9. The first-order valence-corrected chi connectivity index (χ1v) is 6.60. The summed E-state index contributed by atoms with van der Waals surface area (Å²) in [5.41, 5.74) is 2.24. The van der Waals surface area contributed by atoms with Gasteiger partial charge in [0.2, 0.25) is 0 Å². The van der Waals surface area contributed by atoms with Crippen LogP contribution in [0.4, 0.5) is 4.39 Å². The van der Waals surface area contributed by atoms with Crippen LogP contribution in [0.2, 0.25) is 0 Å². The zero-order valence-electron chi connectivity index (χ0n) is 11.2. The smallest absolute Gasteiger partial charge is 0.123 e. The summed E-state index contributed by atoms with van der Waals surface area (Å²) in [6, 6.07) is 15.6. The molecule has 0 bridgehead atoms. The van der Waals surface area contributed by atoms with Gasteiger partial charge in [0.15, 0.2) is 0 Å². The molecule has 2 aromatic carbocycles. The van der Waals surface area contributed by atoms with E-state index in [1.807, 2.05) is 30.3 Å². The van der Waals surface area contributed by atoms with Crippen molar-refractivity contribution < 1.29 is 9.50 Å². The van der Waals surface area contributed by atoms with Crippen LogP contribution in [0.3, 0.4) is 0 Å². The lowest BCUT2D eigenvalue weighted by Gasteiger charge is -2.13. The largest absolute Gasteiger partial charge is 0.382 e. The van der Waals surface area contributed by atoms with E-state index in [1.54, 1.807) is 16.8 Å². The summed E-state index contributed by atoms with van der Waals surface area (Å²) >= 11 is 0. The topological polar surface area (TPSA) is 50.9 Å². The van der Waals surface area contributed by atoms with Crippen molar-refractivity contribution in [1.29, 1.82) is 0 Å². The molecule has 1 atom stereocenters. The predicted molar refractivity (Wildman–Crippen MR) is 76.0 cm³/mol. The molecule has 1 unspecified atom stereocenters. The minimum atomic E-state index is -0.885. The van der Waals surface area contributed by atoms with Crippen molar-refractivity contribution in [3.8, 4) is 0 Å². The number of benzene rings is 2. The SMILES string of the molecule is OC(c1ccc(F)cc1)c1cnnn1Cc1ccccc1. The highest BCUT2D eigenvalue weighted by Gasteiger charge is 2.16. The summed E-state index contributed by atoms with van der Waals surface area (Å²) in [6.07, 6.45) is 0.640. The molecule has 0 aliphatic heterocycles. The molecule has 106 valence electrons. The third-order valence-corrected chi connectivity index (χ3v) is 3.29. The highest BCUT2D eigenvalue weighted by atomic mass is 19.1. The first kappa shape index (κ1) is 13.5. The number of hydrogen-bond donors (Lipinski definition) is 1. The molecule has 0 spiro atoms. The van der Waals surface area contributed by atoms with Gasteiger partial charge in [0.05, 0.1) is 18.4 Å². The predicted octanol–water partition coefficient (Wildman–Crippen LogP) is 2.55. The molecule has 3 rings (SSSR count). The van der Waals surface area contributed by atoms with Crippen LogP contribution in [0, 0.1) is 5.82 Å². The molecule has 0 saturated heterocycles. The highest BCUT2D eigenvalue weighted by Crippen LogP contribution is 2.21. The average Bonchev–Trinajstić information content (AvgIpc) is 2.96. The summed E-state index contributed by atoms with van der Waals surface area (Å²) in [6.45, 7) is 0.522. The van der Waals surface area contributed by atoms with Gasteiger partial charge in [-0.15, -0.1) is 5.10 Å². The zero-order valence-corrected chi connectivity index (χ0v) is 11.2. The van der Waals surface area contributed by atoms with E-state index in [0.717, 1.165) is 5.56 Å². The van der Waals surface area contributed by atoms with Crippen LogP contribution in [0.25, 0.3) is 0 Å². The Bertz CT molecular complexity index is 710. The van der Waals surface area contributed by atoms with Crippen molar-refractivity contribution in [2.24, 2.45) is 0 Å². The standard InChI is InChI=1S/C16H14FN3O/c17-14-8-6-13(7-9-14)16(21)15-10-18-19-20(15)11-12-4-2-1-3-5-12/h1-10,16,21H,11H2. The van der Waals surface area contributed by atoms with E-state index >= 15 is 0 Å². The lowest BCUT2D eigenvalue weighted by molar-refractivity contribution is 0.208. The second-order valence-electron chi connectivity index (χ2n) is 4.76. The van der Waals surface area contributed by atoms with E-state index in [0.29, 0.717) is 17.8 Å². The van der Waals surface area contributed by atoms with Gasteiger partial charge in [0, 0.05) is 0 Å². The van der Waals surface area contributed by atoms with E-state index in [2.05, 4.69) is 10.3 Å². The molecule has 0 fully saturated rings. The van der Waals surface area contributed by atoms with Gasteiger partial charge in [-0.25, -0.2) is 9.07 Å². The van der Waals surface area contributed by atoms with Gasteiger partial charge in [-0.1, -0.05) is 47.7 Å². The number of aliphatic hydroxyl groups is 1. The van der Waals surface area contributed by atoms with Crippen LogP contribution in [0.1, 0.15) is 22.9 Å². The Balaban J connectivity index is 1.86. The minimum absolute atomic E-state index is 0.332. The van der Waals surface area contributed by atoms with Crippen LogP contribution >= 0.6 is 0 Å². The number of hydrogen-bond acceptors (Lipinski definition) is 3. The lowest BCUT2D eigenvalue weighted by atomic mass is 10.1. The number of rotatable bonds is 4. The van der Waals surface area contributed by atoms with Crippen molar-refractivity contribution in [2.45, 2.75) is 12.6 Å². The van der Waals surface area contributed by atoms with Crippen molar-refractivity contribution in [1.82, 2.24) is 15.0 Å². The number of aliphatic hydroxyl groups excluding tert-OH is 1. The maximum Gasteiger partial charge on any atom is 0.123 e. The summed E-state index contributed by atoms with van der Waals surface area (Å²) in [4.78, 5) is 0. The van der Waals surface area contributed by atoms with E-state index in [1.165, 1.54) is 18.3 Å². The van der Waals surface area contributed by atoms with Crippen molar-refractivity contribution in [2.75, 3.05) is 0 Å². The molecule has 4 nitrogen and oxygen atoms in total. The monoisotopic (exact) mass is 283 g/mol. The lowest BCUT2D eigenvalue weighted by Crippen LogP contribution is -2.11. The molecule has 0 aliphatic rings. The molecule has 5 heteroatoms. The second kappa shape index (κ2) is 5.85. The second-order valence-corrected chi connectivity index (χ2v) is 4.76. The van der Waals surface area contributed by atoms with Gasteiger partial charge in [-0.2, -0.15) is 0 Å². The third-order valence-electron chi connectivity index (χ3n) is 3.29. The molecular weight excluding hydrogens is 269 g/mol. The molecule has 0 saturated carbocycles. The number of nitrogens with zero attached hydrogens (tertiary/aromatic N) is 3. The Labute approximate surface area is 121 Å². The van der Waals surface area contributed by atoms with E-state index in [-0.39, 0.29) is 5.82 Å². The fraction of sp³-hybridized carbons (Fsp3) is 0.125. The molecule has 0 aliphatic carbocycles. The van der Waals surface area contributed by atoms with Crippen molar-refractivity contribution in [3.05, 3.63) is 83.4 Å². The van der Waals surface area contributed by atoms with Gasteiger partial charge in [-0.3, -0.25) is 0 Å². The van der Waals surface area contributed by atoms with Crippen molar-refractivity contribution >= 4 is 0 Å². The van der Waals surface area contributed by atoms with Crippen molar-refractivity contribution in [3.63, 3.8) is 0 Å². The van der Waals surface area contributed by atoms with E-state index < -0.39 is 6.10 Å². The van der Waals surface area contributed by atoms with E-state index in [4.69, 9.17) is 0 Å². The average molecular weight is 283 g/mol. The molecular formula is C16H14FN3O. The Morgan fingerprint density at radius 3 is 2.48 bits per heavy atom. The first-order chi connectivity index (χ1) is 10.2. The molecule has 0 radical (unpaired) electrons. The van der Waals surface area contributed by atoms with Crippen LogP contribution in [0.5, 0.6) is 0 Å². The van der Waals surface area contributed by atoms with E-state index in [9.17, 15) is 9.50 Å². The molecule has 21 heavy (non-hydrogen) atoms. The first-order valence-electron chi connectivity index (χ1n) is 6.60. The molecule has 0 amide bonds. The minimum Gasteiger partial charge on any atom is -0.382 e. The molecule has 1 heterocycles. The van der Waals surface area contributed by atoms with Crippen LogP contribution in [0.15, 0.2) is 60.8 Å². The summed E-state index contributed by atoms with van der Waals surface area (Å²) in [5.74, 6) is -0.332. The third kappa shape index (κ3) is 2.98. The summed E-state index contributed by atoms with van der Waals surface area (Å²) in [7, 11) is 0. The van der Waals surface area contributed by atoms with Gasteiger partial charge < -0.3 is 5.11 Å². The Kier molecular flexibility index (Phi) is 3.75. The van der Waals surface area contributed by atoms with Gasteiger partial charge in [-0.05, 0) is 23.3 Å². The van der Waals surface area contributed by atoms with Gasteiger partial charge in [0.25, 0.3) is 0 Å². The summed E-state index contributed by atoms with van der Waals surface area (Å²) in [5, 5.41) is 18.3. The van der Waals surface area contributed by atoms with Crippen LogP contribution in [-0.2, 0) is 6.54 Å². The van der Waals surface area contributed by atoms with Gasteiger partial charge >= 0.3 is 0 Å². The Morgan fingerprint density at radius 1 is 1.05 bits per heavy atom. The molecule has 3 aromatic rings. The normalized spacial score (nSPS) is 12.3. The molecule has 1 N–H and O–H groups in total. The maximum atomic E-state index is 12.9.